The zero-order valence-electron chi connectivity index (χ0n) is 20.0. The van der Waals surface area contributed by atoms with Crippen molar-refractivity contribution < 1.29 is 47.2 Å². The Bertz CT molecular complexity index is 1140. The van der Waals surface area contributed by atoms with Crippen molar-refractivity contribution in [3.63, 3.8) is 0 Å². The van der Waals surface area contributed by atoms with Gasteiger partial charge in [-0.05, 0) is 42.5 Å². The smallest absolute Gasteiger partial charge is 0.0791 e. The van der Waals surface area contributed by atoms with Crippen LogP contribution in [0.1, 0.15) is 47.8 Å². The average Bonchev–Trinajstić information content (AvgIpc) is 3.31. The molecule has 0 aromatic heterocycles. The van der Waals surface area contributed by atoms with E-state index in [0.29, 0.717) is 12.5 Å². The minimum absolute atomic E-state index is 0. The Hall–Kier alpha value is -1.78. The van der Waals surface area contributed by atoms with Crippen LogP contribution in [0, 0.1) is 49.7 Å². The second-order valence-corrected chi connectivity index (χ2v) is 10.0. The average molecular weight is 616 g/mol. The van der Waals surface area contributed by atoms with Gasteiger partial charge in [-0.25, -0.2) is 0 Å². The van der Waals surface area contributed by atoms with Gasteiger partial charge in [0.2, 0.25) is 0 Å². The van der Waals surface area contributed by atoms with Crippen LogP contribution in [-0.2, 0) is 4.74 Å². The molecule has 3 aromatic rings. The van der Waals surface area contributed by atoms with Crippen LogP contribution in [-0.4, -0.2) is 31.9 Å². The summed E-state index contributed by atoms with van der Waals surface area (Å²) in [7, 11) is 0. The molecular weight excluding hydrogens is 583 g/mol. The first-order valence-corrected chi connectivity index (χ1v) is 12.5. The molecule has 185 valence electrons. The first-order valence-electron chi connectivity index (χ1n) is 12.5. The predicted molar refractivity (Wildman–Crippen MR) is 137 cm³/mol. The minimum atomic E-state index is 0. The van der Waals surface area contributed by atoms with Crippen LogP contribution in [0.3, 0.4) is 0 Å². The van der Waals surface area contributed by atoms with Crippen molar-refractivity contribution in [1.82, 2.24) is 0 Å². The fourth-order valence-corrected chi connectivity index (χ4v) is 6.15. The van der Waals surface area contributed by atoms with Crippen LogP contribution in [0.4, 0.5) is 5.69 Å². The molecule has 3 unspecified atom stereocenters. The number of rotatable bonds is 4. The summed E-state index contributed by atoms with van der Waals surface area (Å²) in [6.07, 6.45) is 5.39. The summed E-state index contributed by atoms with van der Waals surface area (Å²) in [4.78, 5) is 2.52. The fourth-order valence-electron chi connectivity index (χ4n) is 6.15. The van der Waals surface area contributed by atoms with Crippen molar-refractivity contribution in [3.8, 4) is 5.75 Å². The zero-order chi connectivity index (χ0) is 23.0. The molecule has 0 amide bonds. The molecule has 4 heteroatoms. The molecule has 3 heterocycles. The maximum absolute atomic E-state index is 6.24. The largest absolute Gasteiger partial charge is 0.550 e. The van der Waals surface area contributed by atoms with Gasteiger partial charge in [0.25, 0.3) is 0 Å². The van der Waals surface area contributed by atoms with Crippen LogP contribution < -0.4 is 9.64 Å². The molecule has 1 spiro atoms. The number of nitrogens with zero attached hydrogens (tertiary/aromatic N) is 1. The molecule has 35 heavy (non-hydrogen) atoms. The van der Waals surface area contributed by atoms with Gasteiger partial charge in [0.05, 0.1) is 18.8 Å². The number of piperidine rings is 1. The number of anilines is 1. The maximum atomic E-state index is 6.24. The van der Waals surface area contributed by atoms with E-state index in [0.717, 1.165) is 44.7 Å². The number of fused-ring (bicyclic) bond motifs is 1. The van der Waals surface area contributed by atoms with Gasteiger partial charge in [-0.3, -0.25) is 0 Å². The van der Waals surface area contributed by atoms with E-state index in [-0.39, 0.29) is 55.2 Å². The van der Waals surface area contributed by atoms with E-state index >= 15 is 0 Å². The molecule has 2 fully saturated rings. The summed E-state index contributed by atoms with van der Waals surface area (Å²) in [6.45, 7) is 7.58. The van der Waals surface area contributed by atoms with Crippen molar-refractivity contribution >= 4 is 5.69 Å². The van der Waals surface area contributed by atoms with E-state index < -0.39 is 0 Å². The Kier molecular flexibility index (Phi) is 7.60. The number of ether oxygens (including phenoxy) is 2. The fraction of sp³-hybridized carbons (Fsp3) is 0.355. The summed E-state index contributed by atoms with van der Waals surface area (Å²) >= 11 is 0. The van der Waals surface area contributed by atoms with Gasteiger partial charge >= 0.3 is 0 Å². The normalized spacial score (nSPS) is 24.8. The third-order valence-electron chi connectivity index (χ3n) is 8.10. The predicted octanol–water partition coefficient (Wildman–Crippen LogP) is 6.36. The van der Waals surface area contributed by atoms with Gasteiger partial charge in [0, 0.05) is 80.0 Å². The third kappa shape index (κ3) is 4.93. The van der Waals surface area contributed by atoms with E-state index in [9.17, 15) is 0 Å². The molecular formula is C31H32HoNO2-. The molecule has 0 bridgehead atoms. The van der Waals surface area contributed by atoms with Gasteiger partial charge in [0.1, 0.15) is 0 Å². The molecule has 2 saturated heterocycles. The van der Waals surface area contributed by atoms with Crippen LogP contribution in [0.5, 0.6) is 5.75 Å². The Labute approximate surface area is 239 Å². The topological polar surface area (TPSA) is 21.7 Å². The standard InChI is InChI=1S/C31H32NO2.Ho/c1-2-23-20-31(34-21-23)16-18-32(19-17-31)26-14-12-25(13-15-26)30-27-10-6-7-11-29(27)33-22-28(30)24-8-4-3-5-9-24;/h2-6,8-15,23,28,30H,1,16-22H2;/q-1;. The van der Waals surface area contributed by atoms with Crippen molar-refractivity contribution in [2.45, 2.75) is 36.7 Å². The van der Waals surface area contributed by atoms with Gasteiger partial charge in [-0.2, -0.15) is 18.2 Å². The van der Waals surface area contributed by atoms with Gasteiger partial charge in [-0.1, -0.05) is 48.5 Å². The monoisotopic (exact) mass is 615 g/mol. The molecule has 0 aliphatic carbocycles. The molecule has 3 aliphatic rings. The van der Waals surface area contributed by atoms with Crippen LogP contribution >= 0.6 is 0 Å². The molecule has 3 aliphatic heterocycles. The minimum Gasteiger partial charge on any atom is -0.550 e. The third-order valence-corrected chi connectivity index (χ3v) is 8.10. The van der Waals surface area contributed by atoms with Gasteiger partial charge < -0.3 is 14.4 Å². The summed E-state index contributed by atoms with van der Waals surface area (Å²) in [5.74, 6) is 2.03. The second kappa shape index (κ2) is 10.7. The first kappa shape index (κ1) is 24.9. The molecule has 0 N–H and O–H groups in total. The Morgan fingerprint density at radius 1 is 0.943 bits per heavy atom. The van der Waals surface area contributed by atoms with Crippen molar-refractivity contribution in [2.24, 2.45) is 5.92 Å². The Morgan fingerprint density at radius 3 is 2.43 bits per heavy atom. The van der Waals surface area contributed by atoms with E-state index in [4.69, 9.17) is 9.47 Å². The quantitative estimate of drug-likeness (QED) is 0.194. The van der Waals surface area contributed by atoms with E-state index in [1.165, 1.54) is 22.4 Å². The molecule has 6 rings (SSSR count). The number of benzene rings is 3. The van der Waals surface area contributed by atoms with Gasteiger partial charge in [0.15, 0.2) is 0 Å². The first-order chi connectivity index (χ1) is 16.7. The summed E-state index contributed by atoms with van der Waals surface area (Å²) < 4.78 is 12.4. The molecule has 0 saturated carbocycles. The van der Waals surface area contributed by atoms with Crippen LogP contribution in [0.2, 0.25) is 0 Å². The summed E-state index contributed by atoms with van der Waals surface area (Å²) in [6, 6.07) is 29.4. The van der Waals surface area contributed by atoms with Crippen molar-refractivity contribution in [2.75, 3.05) is 31.2 Å². The molecule has 3 nitrogen and oxygen atoms in total. The van der Waals surface area contributed by atoms with E-state index in [2.05, 4.69) is 84.3 Å². The van der Waals surface area contributed by atoms with E-state index in [1.807, 2.05) is 12.1 Å². The maximum Gasteiger partial charge on any atom is 0.0791 e. The van der Waals surface area contributed by atoms with Crippen LogP contribution in [0.15, 0.2) is 85.5 Å². The Morgan fingerprint density at radius 2 is 1.71 bits per heavy atom. The Balaban J connectivity index is 0.00000253. The van der Waals surface area contributed by atoms with Crippen molar-refractivity contribution in [1.29, 1.82) is 0 Å². The number of hydrogen-bond acceptors (Lipinski definition) is 3. The van der Waals surface area contributed by atoms with Crippen LogP contribution in [0.25, 0.3) is 0 Å². The summed E-state index contributed by atoms with van der Waals surface area (Å²) in [5.41, 5.74) is 5.30. The van der Waals surface area contributed by atoms with E-state index in [1.54, 1.807) is 0 Å². The zero-order valence-corrected chi connectivity index (χ0v) is 21.9. The second-order valence-electron chi connectivity index (χ2n) is 10.0. The molecule has 3 atom stereocenters. The molecule has 1 radical (unpaired) electrons. The summed E-state index contributed by atoms with van der Waals surface area (Å²) in [5, 5.41) is 0. The SMILES string of the molecule is C=CC1COC2(CCN(c3ccc(C4c5cc[c-]cc5OCC4c4ccccc4)cc3)CC2)C1.[Ho]. The van der Waals surface area contributed by atoms with Gasteiger partial charge in [-0.15, -0.1) is 18.2 Å². The molecule has 3 aromatic carbocycles. The number of hydrogen-bond donors (Lipinski definition) is 0. The van der Waals surface area contributed by atoms with Crippen molar-refractivity contribution in [3.05, 3.63) is 108 Å².